The van der Waals surface area contributed by atoms with E-state index in [0.717, 1.165) is 24.8 Å². The van der Waals surface area contributed by atoms with Gasteiger partial charge in [-0.3, -0.25) is 4.98 Å². The molecule has 1 aliphatic rings. The Bertz CT molecular complexity index is 562. The zero-order valence-electron chi connectivity index (χ0n) is 12.9. The fourth-order valence-electron chi connectivity index (χ4n) is 3.22. The molecule has 1 aromatic heterocycles. The van der Waals surface area contributed by atoms with E-state index in [1.54, 1.807) is 0 Å². The van der Waals surface area contributed by atoms with E-state index >= 15 is 0 Å². The normalized spacial score (nSPS) is 22.0. The van der Waals surface area contributed by atoms with Crippen LogP contribution in [-0.2, 0) is 6.42 Å². The van der Waals surface area contributed by atoms with Gasteiger partial charge in [0, 0.05) is 24.4 Å². The third kappa shape index (κ3) is 3.51. The van der Waals surface area contributed by atoms with Gasteiger partial charge in [-0.25, -0.2) is 0 Å². The summed E-state index contributed by atoms with van der Waals surface area (Å²) in [6.45, 7) is 5.30. The highest BCUT2D eigenvalue weighted by Gasteiger charge is 2.43. The van der Waals surface area contributed by atoms with Crippen LogP contribution in [0.1, 0.15) is 36.1 Å². The predicted octanol–water partition coefficient (Wildman–Crippen LogP) is 3.71. The quantitative estimate of drug-likeness (QED) is 0.872. The molecule has 1 heterocycles. The van der Waals surface area contributed by atoms with Crippen LogP contribution in [-0.4, -0.2) is 17.6 Å². The number of hydrogen-bond acceptors (Lipinski definition) is 2. The van der Waals surface area contributed by atoms with Gasteiger partial charge in [-0.05, 0) is 48.9 Å². The van der Waals surface area contributed by atoms with E-state index in [4.69, 9.17) is 0 Å². The average Bonchev–Trinajstić information content (AvgIpc) is 3.30. The molecule has 1 aromatic carbocycles. The van der Waals surface area contributed by atoms with Crippen molar-refractivity contribution in [2.75, 3.05) is 6.54 Å². The molecular formula is C19H24N2. The van der Waals surface area contributed by atoms with Crippen molar-refractivity contribution in [1.29, 1.82) is 0 Å². The van der Waals surface area contributed by atoms with Crippen molar-refractivity contribution in [2.24, 2.45) is 5.92 Å². The lowest BCUT2D eigenvalue weighted by molar-refractivity contribution is 0.460. The topological polar surface area (TPSA) is 24.9 Å². The lowest BCUT2D eigenvalue weighted by Gasteiger charge is -2.18. The molecule has 2 heteroatoms. The second-order valence-corrected chi connectivity index (χ2v) is 6.11. The summed E-state index contributed by atoms with van der Waals surface area (Å²) in [7, 11) is 0. The van der Waals surface area contributed by atoms with Crippen LogP contribution in [0.4, 0.5) is 0 Å². The van der Waals surface area contributed by atoms with Crippen LogP contribution in [0, 0.1) is 12.8 Å². The second kappa shape index (κ2) is 6.40. The van der Waals surface area contributed by atoms with Gasteiger partial charge in [0.1, 0.15) is 0 Å². The fourth-order valence-corrected chi connectivity index (χ4v) is 3.22. The molecule has 2 nitrogen and oxygen atoms in total. The predicted molar refractivity (Wildman–Crippen MR) is 87.4 cm³/mol. The number of aryl methyl sites for hydroxylation is 1. The first-order chi connectivity index (χ1) is 10.3. The number of rotatable bonds is 6. The molecule has 0 bridgehead atoms. The molecule has 1 aliphatic carbocycles. The molecule has 0 saturated heterocycles. The highest BCUT2D eigenvalue weighted by Crippen LogP contribution is 2.49. The molecule has 0 spiro atoms. The first-order valence-electron chi connectivity index (χ1n) is 7.97. The van der Waals surface area contributed by atoms with E-state index in [9.17, 15) is 0 Å². The van der Waals surface area contributed by atoms with E-state index < -0.39 is 0 Å². The van der Waals surface area contributed by atoms with Crippen molar-refractivity contribution in [2.45, 2.75) is 38.6 Å². The maximum atomic E-state index is 4.57. The maximum Gasteiger partial charge on any atom is 0.0419 e. The van der Waals surface area contributed by atoms with Gasteiger partial charge in [0.25, 0.3) is 0 Å². The van der Waals surface area contributed by atoms with Gasteiger partial charge in [0.15, 0.2) is 0 Å². The largest absolute Gasteiger partial charge is 0.314 e. The zero-order chi connectivity index (χ0) is 14.7. The van der Waals surface area contributed by atoms with Crippen LogP contribution in [0.15, 0.2) is 48.7 Å². The molecule has 1 N–H and O–H groups in total. The summed E-state index contributed by atoms with van der Waals surface area (Å²) in [6.07, 6.45) is 4.30. The number of benzene rings is 1. The van der Waals surface area contributed by atoms with Crippen molar-refractivity contribution in [3.63, 3.8) is 0 Å². The maximum absolute atomic E-state index is 4.57. The molecule has 1 fully saturated rings. The minimum absolute atomic E-state index is 0.537. The molecule has 2 aromatic rings. The molecular weight excluding hydrogens is 256 g/mol. The van der Waals surface area contributed by atoms with Crippen molar-refractivity contribution in [3.8, 4) is 0 Å². The SMILES string of the molecule is CCNC(Cc1ccc(C)cn1)C1CC1c1ccccc1. The van der Waals surface area contributed by atoms with Crippen LogP contribution in [0.3, 0.4) is 0 Å². The van der Waals surface area contributed by atoms with Crippen molar-refractivity contribution < 1.29 is 0 Å². The fraction of sp³-hybridized carbons (Fsp3) is 0.421. The lowest BCUT2D eigenvalue weighted by Crippen LogP contribution is -2.33. The molecule has 110 valence electrons. The van der Waals surface area contributed by atoms with Crippen LogP contribution < -0.4 is 5.32 Å². The van der Waals surface area contributed by atoms with E-state index in [2.05, 4.69) is 66.6 Å². The minimum atomic E-state index is 0.537. The summed E-state index contributed by atoms with van der Waals surface area (Å²) < 4.78 is 0. The molecule has 0 amide bonds. The van der Waals surface area contributed by atoms with Gasteiger partial charge in [-0.15, -0.1) is 0 Å². The summed E-state index contributed by atoms with van der Waals surface area (Å²) in [5, 5.41) is 3.67. The van der Waals surface area contributed by atoms with Crippen LogP contribution in [0.25, 0.3) is 0 Å². The Morgan fingerprint density at radius 3 is 2.67 bits per heavy atom. The Hall–Kier alpha value is -1.67. The van der Waals surface area contributed by atoms with E-state index in [1.165, 1.54) is 23.2 Å². The van der Waals surface area contributed by atoms with Gasteiger partial charge >= 0.3 is 0 Å². The van der Waals surface area contributed by atoms with Gasteiger partial charge in [-0.1, -0.05) is 43.3 Å². The van der Waals surface area contributed by atoms with E-state index in [1.807, 2.05) is 6.20 Å². The second-order valence-electron chi connectivity index (χ2n) is 6.11. The van der Waals surface area contributed by atoms with Crippen LogP contribution in [0.2, 0.25) is 0 Å². The summed E-state index contributed by atoms with van der Waals surface area (Å²) in [5.74, 6) is 1.47. The zero-order valence-corrected chi connectivity index (χ0v) is 12.9. The first-order valence-corrected chi connectivity index (χ1v) is 7.97. The summed E-state index contributed by atoms with van der Waals surface area (Å²) >= 11 is 0. The molecule has 0 aliphatic heterocycles. The highest BCUT2D eigenvalue weighted by molar-refractivity contribution is 5.27. The van der Waals surface area contributed by atoms with Crippen molar-refractivity contribution in [1.82, 2.24) is 10.3 Å². The van der Waals surface area contributed by atoms with Crippen molar-refractivity contribution >= 4 is 0 Å². The summed E-state index contributed by atoms with van der Waals surface area (Å²) in [6, 6.07) is 15.8. The first kappa shape index (κ1) is 14.3. The van der Waals surface area contributed by atoms with Gasteiger partial charge < -0.3 is 5.32 Å². The minimum Gasteiger partial charge on any atom is -0.314 e. The third-order valence-electron chi connectivity index (χ3n) is 4.45. The molecule has 3 atom stereocenters. The Labute approximate surface area is 127 Å². The molecule has 0 radical (unpaired) electrons. The smallest absolute Gasteiger partial charge is 0.0419 e. The number of pyridine rings is 1. The molecule has 3 rings (SSSR count). The van der Waals surface area contributed by atoms with Crippen LogP contribution >= 0.6 is 0 Å². The molecule has 21 heavy (non-hydrogen) atoms. The third-order valence-corrected chi connectivity index (χ3v) is 4.45. The highest BCUT2D eigenvalue weighted by atomic mass is 14.9. The number of nitrogens with zero attached hydrogens (tertiary/aromatic N) is 1. The Morgan fingerprint density at radius 2 is 2.00 bits per heavy atom. The van der Waals surface area contributed by atoms with Gasteiger partial charge in [0.05, 0.1) is 0 Å². The van der Waals surface area contributed by atoms with Gasteiger partial charge in [0.2, 0.25) is 0 Å². The Kier molecular flexibility index (Phi) is 4.35. The average molecular weight is 280 g/mol. The molecule has 1 saturated carbocycles. The number of hydrogen-bond donors (Lipinski definition) is 1. The number of nitrogens with one attached hydrogen (secondary N) is 1. The summed E-state index contributed by atoms with van der Waals surface area (Å²) in [5.41, 5.74) is 3.92. The monoisotopic (exact) mass is 280 g/mol. The Morgan fingerprint density at radius 1 is 1.19 bits per heavy atom. The van der Waals surface area contributed by atoms with Crippen LogP contribution in [0.5, 0.6) is 0 Å². The van der Waals surface area contributed by atoms with Crippen molar-refractivity contribution in [3.05, 3.63) is 65.5 Å². The van der Waals surface area contributed by atoms with E-state index in [0.29, 0.717) is 6.04 Å². The number of aromatic nitrogens is 1. The number of likely N-dealkylation sites (N-methyl/N-ethyl adjacent to an activating group) is 1. The standard InChI is InChI=1S/C19H24N2/c1-3-20-19(11-16-10-9-14(2)13-21-16)18-12-17(18)15-7-5-4-6-8-15/h4-10,13,17-20H,3,11-12H2,1-2H3. The lowest BCUT2D eigenvalue weighted by atomic mass is 10.0. The Balaban J connectivity index is 1.67. The van der Waals surface area contributed by atoms with E-state index in [-0.39, 0.29) is 0 Å². The molecule has 3 unspecified atom stereocenters. The summed E-state index contributed by atoms with van der Waals surface area (Å²) in [4.78, 5) is 4.57. The van der Waals surface area contributed by atoms with Gasteiger partial charge in [-0.2, -0.15) is 0 Å².